The fourth-order valence-corrected chi connectivity index (χ4v) is 1.88. The number of rotatable bonds is 4. The van der Waals surface area contributed by atoms with Crippen molar-refractivity contribution in [3.05, 3.63) is 30.0 Å². The maximum atomic E-state index is 10.8. The molecule has 18 heavy (non-hydrogen) atoms. The molecule has 0 aliphatic rings. The lowest BCUT2D eigenvalue weighted by atomic mass is 9.96. The highest BCUT2D eigenvalue weighted by atomic mass is 16.5. The summed E-state index contributed by atoms with van der Waals surface area (Å²) in [7, 11) is 1.55. The van der Waals surface area contributed by atoms with Gasteiger partial charge in [0.2, 0.25) is 0 Å². The number of nitrogens with two attached hydrogens (primary N) is 1. The Hall–Kier alpha value is -2.01. The Morgan fingerprint density at radius 3 is 2.89 bits per heavy atom. The third-order valence-corrected chi connectivity index (χ3v) is 2.81. The van der Waals surface area contributed by atoms with E-state index in [-0.39, 0.29) is 6.42 Å². The van der Waals surface area contributed by atoms with Gasteiger partial charge in [-0.05, 0) is 19.1 Å². The predicted octanol–water partition coefficient (Wildman–Crippen LogP) is 2.09. The van der Waals surface area contributed by atoms with Crippen molar-refractivity contribution < 1.29 is 19.1 Å². The number of aliphatic carboxylic acids is 1. The summed E-state index contributed by atoms with van der Waals surface area (Å²) in [5.41, 5.74) is 5.51. The average molecular weight is 249 g/mol. The van der Waals surface area contributed by atoms with Crippen molar-refractivity contribution in [1.82, 2.24) is 0 Å². The zero-order valence-electron chi connectivity index (χ0n) is 10.3. The molecule has 2 aromatic rings. The van der Waals surface area contributed by atoms with Crippen LogP contribution in [0.5, 0.6) is 5.75 Å². The number of benzene rings is 1. The van der Waals surface area contributed by atoms with Crippen LogP contribution in [0.1, 0.15) is 19.1 Å². The number of methoxy groups -OCH3 is 1. The Kier molecular flexibility index (Phi) is 3.00. The minimum atomic E-state index is -1.05. The van der Waals surface area contributed by atoms with Gasteiger partial charge >= 0.3 is 5.97 Å². The summed E-state index contributed by atoms with van der Waals surface area (Å²) in [5, 5.41) is 9.68. The van der Waals surface area contributed by atoms with Crippen molar-refractivity contribution in [2.45, 2.75) is 18.9 Å². The van der Waals surface area contributed by atoms with E-state index in [0.29, 0.717) is 17.1 Å². The second-order valence-corrected chi connectivity index (χ2v) is 4.48. The SMILES string of the molecule is COc1cccc2cc([C@@](C)(N)CC(=O)O)oc12. The van der Waals surface area contributed by atoms with Gasteiger partial charge in [0.25, 0.3) is 0 Å². The molecule has 1 aromatic carbocycles. The van der Waals surface area contributed by atoms with Crippen LogP contribution >= 0.6 is 0 Å². The number of carboxylic acids is 1. The molecule has 1 heterocycles. The molecule has 0 aliphatic heterocycles. The first-order valence-corrected chi connectivity index (χ1v) is 5.52. The molecule has 0 unspecified atom stereocenters. The number of furan rings is 1. The van der Waals surface area contributed by atoms with Crippen molar-refractivity contribution in [3.8, 4) is 5.75 Å². The third-order valence-electron chi connectivity index (χ3n) is 2.81. The van der Waals surface area contributed by atoms with Crippen LogP contribution in [0.2, 0.25) is 0 Å². The van der Waals surface area contributed by atoms with Crippen LogP contribution in [-0.2, 0) is 10.3 Å². The second-order valence-electron chi connectivity index (χ2n) is 4.48. The Bertz CT molecular complexity index is 586. The molecule has 1 aromatic heterocycles. The lowest BCUT2D eigenvalue weighted by Crippen LogP contribution is -2.35. The number of para-hydroxylation sites is 1. The van der Waals surface area contributed by atoms with Crippen LogP contribution in [0.25, 0.3) is 11.0 Å². The van der Waals surface area contributed by atoms with E-state index < -0.39 is 11.5 Å². The minimum absolute atomic E-state index is 0.199. The lowest BCUT2D eigenvalue weighted by Gasteiger charge is -2.19. The number of hydrogen-bond acceptors (Lipinski definition) is 4. The van der Waals surface area contributed by atoms with E-state index in [9.17, 15) is 4.79 Å². The summed E-state index contributed by atoms with van der Waals surface area (Å²) in [6.45, 7) is 1.63. The van der Waals surface area contributed by atoms with Crippen molar-refractivity contribution in [3.63, 3.8) is 0 Å². The Morgan fingerprint density at radius 1 is 1.56 bits per heavy atom. The molecule has 1 atom stereocenters. The van der Waals surface area contributed by atoms with Gasteiger partial charge < -0.3 is 20.0 Å². The van der Waals surface area contributed by atoms with Gasteiger partial charge in [-0.1, -0.05) is 12.1 Å². The molecule has 3 N–H and O–H groups in total. The fraction of sp³-hybridized carbons (Fsp3) is 0.308. The molecule has 96 valence electrons. The van der Waals surface area contributed by atoms with Gasteiger partial charge in [0.05, 0.1) is 19.1 Å². The summed E-state index contributed by atoms with van der Waals surface area (Å²) in [6, 6.07) is 7.23. The van der Waals surface area contributed by atoms with Gasteiger partial charge in [0.15, 0.2) is 11.3 Å². The lowest BCUT2D eigenvalue weighted by molar-refractivity contribution is -0.138. The van der Waals surface area contributed by atoms with E-state index in [1.807, 2.05) is 12.1 Å². The molecule has 5 heteroatoms. The van der Waals surface area contributed by atoms with E-state index >= 15 is 0 Å². The average Bonchev–Trinajstić information content (AvgIpc) is 2.71. The quantitative estimate of drug-likeness (QED) is 0.866. The largest absolute Gasteiger partial charge is 0.493 e. The normalized spacial score (nSPS) is 14.4. The highest BCUT2D eigenvalue weighted by Gasteiger charge is 2.29. The van der Waals surface area contributed by atoms with Crippen molar-refractivity contribution in [2.24, 2.45) is 5.73 Å². The van der Waals surface area contributed by atoms with Crippen molar-refractivity contribution in [2.75, 3.05) is 7.11 Å². The van der Waals surface area contributed by atoms with E-state index in [4.69, 9.17) is 20.0 Å². The number of carboxylic acid groups (broad SMARTS) is 1. The monoisotopic (exact) mass is 249 g/mol. The maximum absolute atomic E-state index is 10.8. The highest BCUT2D eigenvalue weighted by Crippen LogP contribution is 2.33. The second kappa shape index (κ2) is 4.34. The molecule has 5 nitrogen and oxygen atoms in total. The van der Waals surface area contributed by atoms with E-state index in [1.54, 1.807) is 26.2 Å². The summed E-state index contributed by atoms with van der Waals surface area (Å²) in [4.78, 5) is 10.8. The van der Waals surface area contributed by atoms with Crippen LogP contribution in [0.15, 0.2) is 28.7 Å². The molecule has 0 spiro atoms. The summed E-state index contributed by atoms with van der Waals surface area (Å²) < 4.78 is 10.8. The maximum Gasteiger partial charge on any atom is 0.305 e. The molecule has 0 radical (unpaired) electrons. The number of ether oxygens (including phenoxy) is 1. The third kappa shape index (κ3) is 2.17. The molecule has 0 bridgehead atoms. The van der Waals surface area contributed by atoms with Crippen molar-refractivity contribution in [1.29, 1.82) is 0 Å². The zero-order valence-corrected chi connectivity index (χ0v) is 10.3. The van der Waals surface area contributed by atoms with E-state index in [2.05, 4.69) is 0 Å². The van der Waals surface area contributed by atoms with Gasteiger partial charge in [-0.25, -0.2) is 0 Å². The summed E-state index contributed by atoms with van der Waals surface area (Å²) in [5.74, 6) is 0.0710. The van der Waals surface area contributed by atoms with Crippen LogP contribution in [-0.4, -0.2) is 18.2 Å². The van der Waals surface area contributed by atoms with Crippen molar-refractivity contribution >= 4 is 16.9 Å². The number of carbonyl (C=O) groups is 1. The molecular weight excluding hydrogens is 234 g/mol. The summed E-state index contributed by atoms with van der Waals surface area (Å²) in [6.07, 6.45) is -0.199. The minimum Gasteiger partial charge on any atom is -0.493 e. The topological polar surface area (TPSA) is 85.7 Å². The Balaban J connectivity index is 2.50. The first kappa shape index (κ1) is 12.4. The molecule has 0 saturated heterocycles. The molecule has 0 fully saturated rings. The zero-order chi connectivity index (χ0) is 13.3. The smallest absolute Gasteiger partial charge is 0.305 e. The Labute approximate surface area is 104 Å². The predicted molar refractivity (Wildman–Crippen MR) is 66.6 cm³/mol. The van der Waals surface area contributed by atoms with Crippen LogP contribution in [0, 0.1) is 0 Å². The van der Waals surface area contributed by atoms with Crippen LogP contribution in [0.3, 0.4) is 0 Å². The summed E-state index contributed by atoms with van der Waals surface area (Å²) >= 11 is 0. The highest BCUT2D eigenvalue weighted by molar-refractivity contribution is 5.84. The molecule has 0 amide bonds. The van der Waals surface area contributed by atoms with Gasteiger partial charge in [0, 0.05) is 5.39 Å². The van der Waals surface area contributed by atoms with E-state index in [0.717, 1.165) is 5.39 Å². The van der Waals surface area contributed by atoms with E-state index in [1.165, 1.54) is 0 Å². The first-order chi connectivity index (χ1) is 8.44. The molecule has 0 saturated carbocycles. The van der Waals surface area contributed by atoms with Gasteiger partial charge in [0.1, 0.15) is 5.76 Å². The standard InChI is InChI=1S/C13H15NO4/c1-13(14,7-11(15)16)10-6-8-4-3-5-9(17-2)12(8)18-10/h3-6H,7,14H2,1-2H3,(H,15,16)/t13-/m0/s1. The van der Waals surface area contributed by atoms with Crippen LogP contribution in [0.4, 0.5) is 0 Å². The first-order valence-electron chi connectivity index (χ1n) is 5.52. The fourth-order valence-electron chi connectivity index (χ4n) is 1.88. The molecule has 2 rings (SSSR count). The Morgan fingerprint density at radius 2 is 2.28 bits per heavy atom. The number of hydrogen-bond donors (Lipinski definition) is 2. The van der Waals surface area contributed by atoms with Gasteiger partial charge in [-0.2, -0.15) is 0 Å². The number of fused-ring (bicyclic) bond motifs is 1. The van der Waals surface area contributed by atoms with Gasteiger partial charge in [-0.3, -0.25) is 4.79 Å². The van der Waals surface area contributed by atoms with Gasteiger partial charge in [-0.15, -0.1) is 0 Å². The molecule has 0 aliphatic carbocycles. The van der Waals surface area contributed by atoms with Crippen LogP contribution < -0.4 is 10.5 Å². The molecular formula is C13H15NO4.